The molecule has 1 aromatic heterocycles. The molecule has 2 aromatic rings. The van der Waals surface area contributed by atoms with Gasteiger partial charge in [0.15, 0.2) is 0 Å². The van der Waals surface area contributed by atoms with Gasteiger partial charge < -0.3 is 4.74 Å². The molecule has 102 valence electrons. The molecule has 0 aliphatic carbocycles. The van der Waals surface area contributed by atoms with Crippen molar-refractivity contribution in [3.63, 3.8) is 0 Å². The number of esters is 1. The molecular weight excluding hydrogens is 259 g/mol. The van der Waals surface area contributed by atoms with E-state index in [1.54, 1.807) is 31.3 Å². The summed E-state index contributed by atoms with van der Waals surface area (Å²) in [7, 11) is 0. The first kappa shape index (κ1) is 13.8. The fourth-order valence-electron chi connectivity index (χ4n) is 1.96. The average Bonchev–Trinajstić information content (AvgIpc) is 2.84. The van der Waals surface area contributed by atoms with E-state index >= 15 is 0 Å². The predicted octanol–water partition coefficient (Wildman–Crippen LogP) is 3.35. The summed E-state index contributed by atoms with van der Waals surface area (Å²) in [6.45, 7) is 8.94. The highest BCUT2D eigenvalue weighted by molar-refractivity contribution is 5.96. The molecule has 0 saturated heterocycles. The Hall–Kier alpha value is -2.61. The number of ether oxygens (including phenoxy) is 1. The van der Waals surface area contributed by atoms with Gasteiger partial charge in [0.1, 0.15) is 11.5 Å². The third-order valence-corrected chi connectivity index (χ3v) is 2.81. The maximum absolute atomic E-state index is 13.0. The molecule has 1 heterocycles. The Morgan fingerprint density at radius 2 is 2.05 bits per heavy atom. The van der Waals surface area contributed by atoms with E-state index in [9.17, 15) is 9.18 Å². The lowest BCUT2D eigenvalue weighted by Gasteiger charge is -2.07. The molecule has 20 heavy (non-hydrogen) atoms. The Kier molecular flexibility index (Phi) is 4.16. The third-order valence-electron chi connectivity index (χ3n) is 2.81. The van der Waals surface area contributed by atoms with Gasteiger partial charge in [-0.1, -0.05) is 12.1 Å². The topological polar surface area (TPSA) is 35.6 Å². The molecule has 0 atom stereocenters. The number of aromatic nitrogens is 1. The number of carbonyl (C=O) groups excluding carboxylic acids is 1. The van der Waals surface area contributed by atoms with Gasteiger partial charge in [0.25, 0.3) is 6.67 Å². The van der Waals surface area contributed by atoms with E-state index in [4.69, 9.17) is 11.3 Å². The molecule has 4 nitrogen and oxygen atoms in total. The summed E-state index contributed by atoms with van der Waals surface area (Å²) in [5, 5.41) is 0. The van der Waals surface area contributed by atoms with Crippen LogP contribution in [0.4, 0.5) is 4.39 Å². The number of carbonyl (C=O) groups is 1. The monoisotopic (exact) mass is 272 g/mol. The molecule has 0 radical (unpaired) electrons. The second-order valence-electron chi connectivity index (χ2n) is 4.07. The van der Waals surface area contributed by atoms with Gasteiger partial charge in [0, 0.05) is 11.8 Å². The molecule has 0 fully saturated rings. The molecule has 0 N–H and O–H groups in total. The Morgan fingerprint density at radius 1 is 1.35 bits per heavy atom. The minimum absolute atomic E-state index is 0.0370. The van der Waals surface area contributed by atoms with Gasteiger partial charge >= 0.3 is 5.97 Å². The van der Waals surface area contributed by atoms with Crippen molar-refractivity contribution in [2.24, 2.45) is 0 Å². The Labute approximate surface area is 116 Å². The van der Waals surface area contributed by atoms with Crippen LogP contribution in [0.5, 0.6) is 0 Å². The first-order valence-corrected chi connectivity index (χ1v) is 6.12. The first-order valence-electron chi connectivity index (χ1n) is 6.12. The van der Waals surface area contributed by atoms with Gasteiger partial charge in [-0.2, -0.15) is 0 Å². The molecule has 5 heteroatoms. The summed E-state index contributed by atoms with van der Waals surface area (Å²) < 4.78 is 19.5. The molecule has 0 amide bonds. The number of rotatable bonds is 4. The summed E-state index contributed by atoms with van der Waals surface area (Å²) in [5.41, 5.74) is 1.65. The number of hydrogen-bond acceptors (Lipinski definition) is 2. The van der Waals surface area contributed by atoms with Crippen LogP contribution in [0, 0.1) is 12.4 Å². The number of halogens is 1. The molecule has 0 spiro atoms. The van der Waals surface area contributed by atoms with E-state index in [1.807, 2.05) is 0 Å². The van der Waals surface area contributed by atoms with E-state index in [1.165, 1.54) is 16.7 Å². The molecule has 1 aromatic carbocycles. The zero-order chi connectivity index (χ0) is 14.5. The smallest absolute Gasteiger partial charge is 0.355 e. The van der Waals surface area contributed by atoms with Crippen molar-refractivity contribution >= 4 is 5.97 Å². The van der Waals surface area contributed by atoms with Crippen molar-refractivity contribution in [3.8, 4) is 11.1 Å². The van der Waals surface area contributed by atoms with Crippen molar-refractivity contribution in [3.05, 3.63) is 59.5 Å². The molecule has 2 rings (SSSR count). The van der Waals surface area contributed by atoms with Crippen molar-refractivity contribution in [1.29, 1.82) is 0 Å². The van der Waals surface area contributed by atoms with Crippen molar-refractivity contribution in [2.75, 3.05) is 6.61 Å². The lowest BCUT2D eigenvalue weighted by atomic mass is 10.1. The van der Waals surface area contributed by atoms with Crippen LogP contribution in [0.25, 0.3) is 16.0 Å². The second-order valence-corrected chi connectivity index (χ2v) is 4.07. The highest BCUT2D eigenvalue weighted by Crippen LogP contribution is 2.26. The van der Waals surface area contributed by atoms with E-state index in [0.717, 1.165) is 0 Å². The quantitative estimate of drug-likeness (QED) is 0.632. The Balaban J connectivity index is 2.50. The highest BCUT2D eigenvalue weighted by Gasteiger charge is 2.20. The molecule has 0 bridgehead atoms. The van der Waals surface area contributed by atoms with Crippen molar-refractivity contribution in [1.82, 2.24) is 4.57 Å². The summed E-state index contributed by atoms with van der Waals surface area (Å²) in [6, 6.07) is 7.57. The minimum Gasteiger partial charge on any atom is -0.461 e. The van der Waals surface area contributed by atoms with Crippen LogP contribution >= 0.6 is 0 Å². The van der Waals surface area contributed by atoms with Gasteiger partial charge in [-0.3, -0.25) is 9.41 Å². The summed E-state index contributed by atoms with van der Waals surface area (Å²) >= 11 is 0. The molecule has 0 aliphatic heterocycles. The van der Waals surface area contributed by atoms with Crippen molar-refractivity contribution < 1.29 is 13.9 Å². The zero-order valence-electron chi connectivity index (χ0n) is 11.0. The summed E-state index contributed by atoms with van der Waals surface area (Å²) in [6.07, 6.45) is 1.66. The lowest BCUT2D eigenvalue weighted by molar-refractivity contribution is 0.0515. The maximum atomic E-state index is 13.0. The zero-order valence-corrected chi connectivity index (χ0v) is 11.0. The molecule has 0 saturated carbocycles. The third kappa shape index (κ3) is 2.69. The van der Waals surface area contributed by atoms with Crippen LogP contribution in [-0.4, -0.2) is 17.1 Å². The number of hydrogen-bond donors (Lipinski definition) is 0. The SMILES string of the molecule is [C-]#[N+]Cn1ccc(-c2ccc(F)cc2)c1C(=O)OCC. The first-order chi connectivity index (χ1) is 9.67. The van der Waals surface area contributed by atoms with Crippen LogP contribution in [-0.2, 0) is 11.4 Å². The second kappa shape index (κ2) is 6.02. The Bertz CT molecular complexity index is 654. The lowest BCUT2D eigenvalue weighted by Crippen LogP contribution is -2.12. The van der Waals surface area contributed by atoms with Crippen LogP contribution < -0.4 is 0 Å². The Morgan fingerprint density at radius 3 is 2.65 bits per heavy atom. The van der Waals surface area contributed by atoms with Crippen LogP contribution in [0.1, 0.15) is 17.4 Å². The van der Waals surface area contributed by atoms with Crippen LogP contribution in [0.2, 0.25) is 0 Å². The average molecular weight is 272 g/mol. The van der Waals surface area contributed by atoms with E-state index < -0.39 is 5.97 Å². The largest absolute Gasteiger partial charge is 0.461 e. The predicted molar refractivity (Wildman–Crippen MR) is 72.4 cm³/mol. The summed E-state index contributed by atoms with van der Waals surface area (Å²) in [4.78, 5) is 15.3. The maximum Gasteiger partial charge on any atom is 0.355 e. The van der Waals surface area contributed by atoms with Crippen molar-refractivity contribution in [2.45, 2.75) is 13.6 Å². The number of nitrogens with zero attached hydrogens (tertiary/aromatic N) is 2. The molecule has 0 unspecified atom stereocenters. The minimum atomic E-state index is -0.486. The number of benzene rings is 1. The fraction of sp³-hybridized carbons (Fsp3) is 0.200. The fourth-order valence-corrected chi connectivity index (χ4v) is 1.96. The van der Waals surface area contributed by atoms with Gasteiger partial charge in [-0.05, 0) is 30.7 Å². The summed E-state index contributed by atoms with van der Waals surface area (Å²) in [5.74, 6) is -0.826. The molecule has 0 aliphatic rings. The van der Waals surface area contributed by atoms with Gasteiger partial charge in [0.05, 0.1) is 6.61 Å². The van der Waals surface area contributed by atoms with Gasteiger partial charge in [-0.15, -0.1) is 0 Å². The van der Waals surface area contributed by atoms with Gasteiger partial charge in [-0.25, -0.2) is 15.8 Å². The van der Waals surface area contributed by atoms with Crippen LogP contribution in [0.15, 0.2) is 36.5 Å². The van der Waals surface area contributed by atoms with Crippen LogP contribution in [0.3, 0.4) is 0 Å². The molecular formula is C15H13FN2O2. The van der Waals surface area contributed by atoms with Gasteiger partial charge in [0.2, 0.25) is 0 Å². The van der Waals surface area contributed by atoms with E-state index in [-0.39, 0.29) is 19.1 Å². The standard InChI is InChI=1S/C15H13FN2O2/c1-3-20-15(19)14-13(8-9-18(14)10-17-2)11-4-6-12(16)7-5-11/h4-9H,3,10H2,1H3. The van der Waals surface area contributed by atoms with E-state index in [0.29, 0.717) is 16.8 Å². The van der Waals surface area contributed by atoms with E-state index in [2.05, 4.69) is 4.85 Å². The normalized spacial score (nSPS) is 10.1. The highest BCUT2D eigenvalue weighted by atomic mass is 19.1.